The minimum absolute atomic E-state index is 0.269. The SMILES string of the molecule is Nc1cc(N)n2c(N)nc(N)c2c1. The Hall–Kier alpha value is -2.11. The Balaban J connectivity index is 2.97. The molecule has 0 aliphatic carbocycles. The fraction of sp³-hybridized carbons (Fsp3) is 0. The summed E-state index contributed by atoms with van der Waals surface area (Å²) in [7, 11) is 0. The number of hydrogen-bond donors (Lipinski definition) is 4. The Bertz CT molecular complexity index is 471. The average molecular weight is 178 g/mol. The van der Waals surface area contributed by atoms with Gasteiger partial charge in [-0.25, -0.2) is 0 Å². The Morgan fingerprint density at radius 3 is 2.46 bits per heavy atom. The van der Waals surface area contributed by atoms with Gasteiger partial charge in [-0.05, 0) is 6.07 Å². The van der Waals surface area contributed by atoms with Gasteiger partial charge in [0.2, 0.25) is 5.95 Å². The molecular weight excluding hydrogens is 168 g/mol. The van der Waals surface area contributed by atoms with Crippen LogP contribution in [0.25, 0.3) is 5.52 Å². The van der Waals surface area contributed by atoms with Crippen LogP contribution in [0.5, 0.6) is 0 Å². The number of hydrogen-bond acceptors (Lipinski definition) is 5. The van der Waals surface area contributed by atoms with E-state index in [0.29, 0.717) is 22.8 Å². The van der Waals surface area contributed by atoms with E-state index in [-0.39, 0.29) is 5.95 Å². The maximum atomic E-state index is 5.68. The number of rotatable bonds is 0. The summed E-state index contributed by atoms with van der Waals surface area (Å²) in [6.07, 6.45) is 0. The summed E-state index contributed by atoms with van der Waals surface area (Å²) >= 11 is 0. The Kier molecular flexibility index (Phi) is 1.27. The summed E-state index contributed by atoms with van der Waals surface area (Å²) in [6.45, 7) is 0. The van der Waals surface area contributed by atoms with E-state index >= 15 is 0 Å². The Morgan fingerprint density at radius 1 is 1.08 bits per heavy atom. The molecule has 2 rings (SSSR count). The van der Waals surface area contributed by atoms with Crippen LogP contribution in [-0.4, -0.2) is 9.38 Å². The fourth-order valence-electron chi connectivity index (χ4n) is 1.31. The topological polar surface area (TPSA) is 121 Å². The van der Waals surface area contributed by atoms with Gasteiger partial charge >= 0.3 is 0 Å². The predicted molar refractivity (Wildman–Crippen MR) is 52.8 cm³/mol. The summed E-state index contributed by atoms with van der Waals surface area (Å²) in [6, 6.07) is 3.28. The first-order valence-electron chi connectivity index (χ1n) is 3.68. The van der Waals surface area contributed by atoms with Gasteiger partial charge in [-0.3, -0.25) is 4.40 Å². The molecule has 0 unspecified atom stereocenters. The van der Waals surface area contributed by atoms with Crippen molar-refractivity contribution in [2.75, 3.05) is 22.9 Å². The summed E-state index contributed by atoms with van der Waals surface area (Å²) in [5, 5.41) is 0. The van der Waals surface area contributed by atoms with E-state index in [0.717, 1.165) is 0 Å². The van der Waals surface area contributed by atoms with Crippen LogP contribution in [0, 0.1) is 0 Å². The highest BCUT2D eigenvalue weighted by Gasteiger charge is 2.08. The molecule has 0 spiro atoms. The van der Waals surface area contributed by atoms with Gasteiger partial charge in [0.05, 0.1) is 5.52 Å². The monoisotopic (exact) mass is 178 g/mol. The number of imidazole rings is 1. The first kappa shape index (κ1) is 7.53. The minimum Gasteiger partial charge on any atom is -0.399 e. The zero-order chi connectivity index (χ0) is 9.59. The van der Waals surface area contributed by atoms with Crippen LogP contribution >= 0.6 is 0 Å². The summed E-state index contributed by atoms with van der Waals surface area (Å²) in [4.78, 5) is 3.88. The number of pyridine rings is 1. The molecule has 0 fully saturated rings. The smallest absolute Gasteiger partial charge is 0.208 e. The first-order chi connectivity index (χ1) is 6.09. The Labute approximate surface area is 74.1 Å². The van der Waals surface area contributed by atoms with Gasteiger partial charge < -0.3 is 22.9 Å². The predicted octanol–water partition coefficient (Wildman–Crippen LogP) is -0.337. The normalized spacial score (nSPS) is 10.8. The molecule has 2 heterocycles. The third-order valence-electron chi connectivity index (χ3n) is 1.84. The van der Waals surface area contributed by atoms with Crippen molar-refractivity contribution in [1.29, 1.82) is 0 Å². The molecule has 0 bridgehead atoms. The maximum absolute atomic E-state index is 5.68. The van der Waals surface area contributed by atoms with Crippen LogP contribution in [0.1, 0.15) is 0 Å². The highest BCUT2D eigenvalue weighted by Crippen LogP contribution is 2.23. The quantitative estimate of drug-likeness (QED) is 0.439. The summed E-state index contributed by atoms with van der Waals surface area (Å²) < 4.78 is 1.55. The van der Waals surface area contributed by atoms with Gasteiger partial charge in [0, 0.05) is 11.8 Å². The van der Waals surface area contributed by atoms with E-state index in [1.54, 1.807) is 16.5 Å². The third kappa shape index (κ3) is 0.919. The standard InChI is InChI=1S/C7H10N6/c8-3-1-4-6(10)12-7(11)13(4)5(9)2-3/h1-2H,8-10H2,(H2,11,12). The lowest BCUT2D eigenvalue weighted by Crippen LogP contribution is -2.02. The van der Waals surface area contributed by atoms with Gasteiger partial charge in [0.25, 0.3) is 0 Å². The third-order valence-corrected chi connectivity index (χ3v) is 1.84. The van der Waals surface area contributed by atoms with Gasteiger partial charge in [0.15, 0.2) is 5.82 Å². The fourth-order valence-corrected chi connectivity index (χ4v) is 1.31. The number of aromatic nitrogens is 2. The van der Waals surface area contributed by atoms with Crippen molar-refractivity contribution in [3.05, 3.63) is 12.1 Å². The second kappa shape index (κ2) is 2.19. The zero-order valence-electron chi connectivity index (χ0n) is 6.86. The molecule has 2 aromatic heterocycles. The van der Waals surface area contributed by atoms with Crippen molar-refractivity contribution in [2.45, 2.75) is 0 Å². The van der Waals surface area contributed by atoms with Gasteiger partial charge in [-0.15, -0.1) is 0 Å². The van der Waals surface area contributed by atoms with Crippen LogP contribution in [0.3, 0.4) is 0 Å². The molecular formula is C7H10N6. The molecule has 13 heavy (non-hydrogen) atoms. The van der Waals surface area contributed by atoms with E-state index in [1.807, 2.05) is 0 Å². The molecule has 0 radical (unpaired) electrons. The summed E-state index contributed by atoms with van der Waals surface area (Å²) in [5.74, 6) is 1.03. The van der Waals surface area contributed by atoms with Gasteiger partial charge in [0.1, 0.15) is 5.82 Å². The summed E-state index contributed by atoms with van der Waals surface area (Å²) in [5.41, 5.74) is 23.6. The van der Waals surface area contributed by atoms with Crippen molar-refractivity contribution < 1.29 is 0 Å². The first-order valence-corrected chi connectivity index (χ1v) is 3.68. The number of nitrogens with zero attached hydrogens (tertiary/aromatic N) is 2. The van der Waals surface area contributed by atoms with Gasteiger partial charge in [-0.2, -0.15) is 4.98 Å². The van der Waals surface area contributed by atoms with Gasteiger partial charge in [-0.1, -0.05) is 0 Å². The Morgan fingerprint density at radius 2 is 1.77 bits per heavy atom. The van der Waals surface area contributed by atoms with Crippen molar-refractivity contribution in [3.8, 4) is 0 Å². The molecule has 2 aromatic rings. The molecule has 0 aliphatic heterocycles. The molecule has 0 saturated heterocycles. The molecule has 0 aliphatic rings. The second-order valence-corrected chi connectivity index (χ2v) is 2.79. The van der Waals surface area contributed by atoms with Crippen LogP contribution in [0.4, 0.5) is 23.3 Å². The number of nitrogens with two attached hydrogens (primary N) is 4. The lowest BCUT2D eigenvalue weighted by molar-refractivity contribution is 1.18. The highest BCUT2D eigenvalue weighted by molar-refractivity contribution is 5.76. The maximum Gasteiger partial charge on any atom is 0.208 e. The molecule has 0 amide bonds. The van der Waals surface area contributed by atoms with E-state index in [9.17, 15) is 0 Å². The molecule has 0 atom stereocenters. The largest absolute Gasteiger partial charge is 0.399 e. The molecule has 6 heteroatoms. The van der Waals surface area contributed by atoms with Crippen molar-refractivity contribution in [3.63, 3.8) is 0 Å². The number of anilines is 4. The van der Waals surface area contributed by atoms with Crippen LogP contribution in [0.2, 0.25) is 0 Å². The molecule has 0 saturated carbocycles. The number of nitrogen functional groups attached to an aromatic ring is 4. The zero-order valence-corrected chi connectivity index (χ0v) is 6.86. The molecule has 0 aromatic carbocycles. The van der Waals surface area contributed by atoms with Crippen molar-refractivity contribution in [2.24, 2.45) is 0 Å². The van der Waals surface area contributed by atoms with Crippen molar-refractivity contribution in [1.82, 2.24) is 9.38 Å². The average Bonchev–Trinajstić information content (AvgIpc) is 2.27. The lowest BCUT2D eigenvalue weighted by Gasteiger charge is -2.02. The highest BCUT2D eigenvalue weighted by atomic mass is 15.2. The van der Waals surface area contributed by atoms with Crippen LogP contribution in [-0.2, 0) is 0 Å². The minimum atomic E-state index is 0.269. The molecule has 8 N–H and O–H groups in total. The molecule has 6 nitrogen and oxygen atoms in total. The lowest BCUT2D eigenvalue weighted by atomic mass is 10.3. The van der Waals surface area contributed by atoms with E-state index < -0.39 is 0 Å². The van der Waals surface area contributed by atoms with Crippen molar-refractivity contribution >= 4 is 28.8 Å². The molecule has 68 valence electrons. The van der Waals surface area contributed by atoms with E-state index in [4.69, 9.17) is 22.9 Å². The van der Waals surface area contributed by atoms with E-state index in [1.165, 1.54) is 0 Å². The second-order valence-electron chi connectivity index (χ2n) is 2.79. The number of fused-ring (bicyclic) bond motifs is 1. The van der Waals surface area contributed by atoms with Crippen LogP contribution in [0.15, 0.2) is 12.1 Å². The van der Waals surface area contributed by atoms with Crippen LogP contribution < -0.4 is 22.9 Å². The van der Waals surface area contributed by atoms with E-state index in [2.05, 4.69) is 4.98 Å².